The third-order valence-electron chi connectivity index (χ3n) is 18.8. The Balaban J connectivity index is 0.000000148. The molecule has 16 heterocycles. The molecule has 131 heavy (non-hydrogen) atoms. The molecule has 17 rings (SSSR count). The number of hydrogen-bond donors (Lipinski definition) is 2. The van der Waals surface area contributed by atoms with Crippen LogP contribution in [0.1, 0.15) is 166 Å². The van der Waals surface area contributed by atoms with Crippen molar-refractivity contribution < 1.29 is 8.78 Å². The molecule has 2 N–H and O–H groups in total. The molecular weight excluding hydrogens is 1900 g/mol. The number of aryl methyl sites for hydroxylation is 14. The molecule has 16 aromatic heterocycles. The molecule has 28 nitrogen and oxygen atoms in total. The number of hydrogen-bond acceptors (Lipinski definition) is 28. The van der Waals surface area contributed by atoms with E-state index >= 15 is 0 Å². The smallest absolute Gasteiger partial charge is 0.287 e. The molecule has 0 radical (unpaired) electrons. The van der Waals surface area contributed by atoms with Gasteiger partial charge in [0, 0.05) is 183 Å². The molecular formula is C89H98Cl5F2N27OS7. The monoisotopic (exact) mass is 2000 g/mol. The fraction of sp³-hybridized carbons (Fsp3) is 0.337. The van der Waals surface area contributed by atoms with Crippen LogP contribution in [0.5, 0.6) is 0 Å². The van der Waals surface area contributed by atoms with E-state index in [4.69, 9.17) is 58.0 Å². The van der Waals surface area contributed by atoms with Gasteiger partial charge in [0.15, 0.2) is 41.2 Å². The summed E-state index contributed by atoms with van der Waals surface area (Å²) in [4.78, 5) is 87.5. The molecule has 0 bridgehead atoms. The third-order valence-corrected chi connectivity index (χ3v) is 26.5. The van der Waals surface area contributed by atoms with Crippen LogP contribution >= 0.6 is 140 Å². The molecule has 1 aliphatic rings. The van der Waals surface area contributed by atoms with Gasteiger partial charge in [-0.05, 0) is 183 Å². The van der Waals surface area contributed by atoms with Crippen molar-refractivity contribution in [2.75, 3.05) is 0 Å². The molecule has 0 atom stereocenters. The second kappa shape index (κ2) is 50.0. The van der Waals surface area contributed by atoms with Gasteiger partial charge in [-0.15, -0.1) is 0 Å². The number of fused-ring (bicyclic) bond motifs is 2. The van der Waals surface area contributed by atoms with E-state index in [2.05, 4.69) is 126 Å². The molecule has 0 aromatic carbocycles. The molecule has 42 heteroatoms. The second-order valence-corrected chi connectivity index (χ2v) is 38.5. The Morgan fingerprint density at radius 2 is 0.885 bits per heavy atom. The number of halogens is 7. The molecule has 0 spiro atoms. The molecule has 0 saturated heterocycles. The highest BCUT2D eigenvalue weighted by molar-refractivity contribution is 7.99. The van der Waals surface area contributed by atoms with Gasteiger partial charge in [-0.1, -0.05) is 172 Å². The van der Waals surface area contributed by atoms with Crippen molar-refractivity contribution >= 4 is 152 Å². The summed E-state index contributed by atoms with van der Waals surface area (Å²) in [6.07, 6.45) is 22.6. The number of pyridine rings is 3. The molecule has 1 aliphatic carbocycles. The quantitative estimate of drug-likeness (QED) is 0.0419. The minimum atomic E-state index is -3.18. The van der Waals surface area contributed by atoms with Gasteiger partial charge in [0.05, 0.1) is 62.4 Å². The molecule has 0 amide bonds. The molecule has 1 fully saturated rings. The topological polar surface area (TPSA) is 330 Å². The lowest BCUT2D eigenvalue weighted by molar-refractivity contribution is 0.0118. The van der Waals surface area contributed by atoms with Crippen molar-refractivity contribution in [2.24, 2.45) is 0 Å². The first kappa shape index (κ1) is 102. The first-order chi connectivity index (χ1) is 62.7. The normalized spacial score (nSPS) is 11.9. The Morgan fingerprint density at radius 3 is 1.35 bits per heavy atom. The van der Waals surface area contributed by atoms with Crippen LogP contribution in [0.3, 0.4) is 0 Å². The Kier molecular flexibility index (Phi) is 38.9. The number of aromatic amines is 2. The zero-order valence-corrected chi connectivity index (χ0v) is 84.2. The van der Waals surface area contributed by atoms with Crippen molar-refractivity contribution in [1.29, 1.82) is 0 Å². The highest BCUT2D eigenvalue weighted by Gasteiger charge is 2.28. The van der Waals surface area contributed by atoms with Gasteiger partial charge in [-0.25, -0.2) is 84.4 Å². The van der Waals surface area contributed by atoms with E-state index in [0.29, 0.717) is 61.3 Å². The van der Waals surface area contributed by atoms with Crippen LogP contribution < -0.4 is 5.56 Å². The molecule has 686 valence electrons. The zero-order valence-electron chi connectivity index (χ0n) is 74.7. The van der Waals surface area contributed by atoms with Crippen LogP contribution in [0, 0.1) is 90.0 Å². The number of thioether (sulfide) groups is 7. The summed E-state index contributed by atoms with van der Waals surface area (Å²) in [5.41, 5.74) is 19.8. The van der Waals surface area contributed by atoms with Gasteiger partial charge < -0.3 is 18.4 Å². The summed E-state index contributed by atoms with van der Waals surface area (Å²) in [5.74, 6) is 1.65. The van der Waals surface area contributed by atoms with Gasteiger partial charge in [-0.2, -0.15) is 24.1 Å². The maximum atomic E-state index is 13.2. The fourth-order valence-corrected chi connectivity index (χ4v) is 21.0. The molecule has 16 aromatic rings. The largest absolute Gasteiger partial charge is 0.331 e. The predicted molar refractivity (Wildman–Crippen MR) is 524 cm³/mol. The maximum Gasteiger partial charge on any atom is 0.287 e. The van der Waals surface area contributed by atoms with E-state index in [-0.39, 0.29) is 10.9 Å². The van der Waals surface area contributed by atoms with Crippen molar-refractivity contribution in [3.63, 3.8) is 0 Å². The van der Waals surface area contributed by atoms with E-state index in [0.717, 1.165) is 169 Å². The Bertz CT molecular complexity index is 6150. The average Bonchev–Trinajstić information content (AvgIpc) is 1.66. The van der Waals surface area contributed by atoms with E-state index < -0.39 is 17.2 Å². The minimum absolute atomic E-state index is 0.0722. The SMILES string of the molecule is CC(F)(F)c1cc(=O)[nH]c(SCc2c(Cl)cncc2Cl)n1.CCn1nccc1CSc1nc(C)cc(C)n1.Cc1cc(C)nc(SCc2[nH]ncc2Cl)n1.Cc1cc(C)nc(SCc2c(C)nc3ccccn23)n1.Cc1cc(C)nc(SCc2c(Cl)nc3ccccn23)n1.Cc1cc(C)nc(SCc2cncn2C2CCCCC2)n1.Cc1cc(C)nc(SCn2nccc2Cl)n1. The first-order valence-electron chi connectivity index (χ1n) is 41.3. The average molecular weight is 2000 g/mol. The molecule has 0 aliphatic heterocycles. The number of imidazole rings is 3. The van der Waals surface area contributed by atoms with Crippen LogP contribution in [0.2, 0.25) is 25.4 Å². The van der Waals surface area contributed by atoms with Crippen molar-refractivity contribution in [3.8, 4) is 0 Å². The van der Waals surface area contributed by atoms with Crippen LogP contribution in [-0.2, 0) is 52.9 Å². The summed E-state index contributed by atoms with van der Waals surface area (Å²) in [5, 5.41) is 22.4. The number of nitrogens with zero attached hydrogens (tertiary/aromatic N) is 25. The Morgan fingerprint density at radius 1 is 0.443 bits per heavy atom. The van der Waals surface area contributed by atoms with E-state index in [1.807, 2.05) is 209 Å². The summed E-state index contributed by atoms with van der Waals surface area (Å²) >= 11 is 40.6. The van der Waals surface area contributed by atoms with Crippen LogP contribution in [0.4, 0.5) is 8.78 Å². The molecule has 0 unspecified atom stereocenters. The van der Waals surface area contributed by atoms with Crippen molar-refractivity contribution in [2.45, 2.75) is 231 Å². The highest BCUT2D eigenvalue weighted by atomic mass is 35.5. The van der Waals surface area contributed by atoms with Gasteiger partial charge in [0.1, 0.15) is 22.1 Å². The van der Waals surface area contributed by atoms with Crippen LogP contribution in [-0.4, -0.2) is 133 Å². The van der Waals surface area contributed by atoms with Crippen LogP contribution in [0.15, 0.2) is 188 Å². The third kappa shape index (κ3) is 32.1. The number of aromatic nitrogens is 27. The summed E-state index contributed by atoms with van der Waals surface area (Å²) in [6.45, 7) is 29.5. The summed E-state index contributed by atoms with van der Waals surface area (Å²) in [6, 6.07) is 29.0. The minimum Gasteiger partial charge on any atom is -0.331 e. The first-order valence-corrected chi connectivity index (χ1v) is 50.0. The van der Waals surface area contributed by atoms with Crippen molar-refractivity contribution in [1.82, 2.24) is 133 Å². The number of nitrogens with one attached hydrogen (secondary N) is 2. The van der Waals surface area contributed by atoms with E-state index in [1.54, 1.807) is 82.0 Å². The highest BCUT2D eigenvalue weighted by Crippen LogP contribution is 2.35. The van der Waals surface area contributed by atoms with Gasteiger partial charge >= 0.3 is 0 Å². The lowest BCUT2D eigenvalue weighted by Gasteiger charge is -2.24. The zero-order chi connectivity index (χ0) is 93.8. The Labute approximate surface area is 813 Å². The molecule has 1 saturated carbocycles. The lowest BCUT2D eigenvalue weighted by Crippen LogP contribution is -2.17. The fourth-order valence-electron chi connectivity index (χ4n) is 13.0. The van der Waals surface area contributed by atoms with E-state index in [9.17, 15) is 13.6 Å². The van der Waals surface area contributed by atoms with Crippen molar-refractivity contribution in [3.05, 3.63) is 296 Å². The Hall–Kier alpha value is -9.51. The van der Waals surface area contributed by atoms with Crippen LogP contribution in [0.25, 0.3) is 11.3 Å². The van der Waals surface area contributed by atoms with E-state index in [1.165, 1.54) is 73.3 Å². The number of alkyl halides is 2. The van der Waals surface area contributed by atoms with Gasteiger partial charge in [0.25, 0.3) is 11.5 Å². The predicted octanol–water partition coefficient (Wildman–Crippen LogP) is 23.0. The second-order valence-electron chi connectivity index (χ2n) is 29.9. The summed E-state index contributed by atoms with van der Waals surface area (Å²) in [7, 11) is 0. The van der Waals surface area contributed by atoms with Gasteiger partial charge in [-0.3, -0.25) is 19.6 Å². The summed E-state index contributed by atoms with van der Waals surface area (Å²) < 4.78 is 36.7. The lowest BCUT2D eigenvalue weighted by atomic mass is 9.95. The van der Waals surface area contributed by atoms with Gasteiger partial charge in [0.2, 0.25) is 0 Å². The number of rotatable bonds is 24. The maximum absolute atomic E-state index is 13.2. The number of H-pyrrole nitrogens is 2. The standard InChI is InChI=1S/C16H22N4S.C15H16N4S.C14H13ClN4S.C12H9Cl2F2N3OS.C12H16N4S.2C10H11ClN4S/c1-12-8-13(2)19-16(18-12)21-10-15-9-17-11-20(15)14-6-4-3-5-7-14;1-10-8-11(2)17-15(16-10)20-9-13-12(3)18-14-6-4-5-7-19(13)14;1-9-7-10(2)17-14(16-9)20-8-11-13(15)18-12-5-3-4-6-19(11)12;1-12(15,16)9-2-10(20)19-11(18-9)21-5-6-7(13)3-17-4-8(6)14;1-4-16-11(5-6-13-16)8-17-12-14-9(2)7-10(3)15-12;1-6-3-7(2)14-10(13-6)16-5-9-8(11)4-12-15-9;1-7-5-8(2)14-10(13-7)16-6-15-9(11)3-4-12-15/h8-9,11,14H,3-7,10H2,1-2H3;4-8H,9H2,1-3H3;3-7H,8H2,1-2H3;2-4H,5H2,1H3,(H,18,19,20);5-7H,4,8H2,1-3H3;3-4H,5H2,1-2H3,(H,12,15);3-5H,6H2,1-2H3.